The van der Waals surface area contributed by atoms with Crippen molar-refractivity contribution in [2.75, 3.05) is 30.8 Å². The van der Waals surface area contributed by atoms with Crippen molar-refractivity contribution in [2.24, 2.45) is 0 Å². The molecule has 5 nitrogen and oxygen atoms in total. The van der Waals surface area contributed by atoms with E-state index in [4.69, 9.17) is 10.5 Å². The molecular formula is C22H22N4O. The van der Waals surface area contributed by atoms with Crippen molar-refractivity contribution in [1.29, 1.82) is 0 Å². The van der Waals surface area contributed by atoms with Crippen LogP contribution in [0.1, 0.15) is 29.4 Å². The van der Waals surface area contributed by atoms with Gasteiger partial charge in [-0.25, -0.2) is 4.98 Å². The SMILES string of the molecule is COc1cccc(-c2cc(N3CC4CC(C3)c3ccccc34)nc(N)n2)c1. The van der Waals surface area contributed by atoms with E-state index >= 15 is 0 Å². The lowest BCUT2D eigenvalue weighted by atomic mass is 9.96. The Morgan fingerprint density at radius 1 is 0.963 bits per heavy atom. The molecule has 5 heteroatoms. The maximum atomic E-state index is 6.06. The van der Waals surface area contributed by atoms with E-state index in [2.05, 4.69) is 39.1 Å². The van der Waals surface area contributed by atoms with E-state index in [9.17, 15) is 0 Å². The number of nitrogens with zero attached hydrogens (tertiary/aromatic N) is 3. The minimum Gasteiger partial charge on any atom is -0.497 e. The topological polar surface area (TPSA) is 64.3 Å². The van der Waals surface area contributed by atoms with Crippen molar-refractivity contribution in [1.82, 2.24) is 9.97 Å². The van der Waals surface area contributed by atoms with Crippen LogP contribution in [0.15, 0.2) is 54.6 Å². The normalized spacial score (nSPS) is 20.4. The maximum Gasteiger partial charge on any atom is 0.222 e. The van der Waals surface area contributed by atoms with Crippen LogP contribution in [-0.2, 0) is 0 Å². The molecule has 0 radical (unpaired) electrons. The fraction of sp³-hybridized carbons (Fsp3) is 0.273. The van der Waals surface area contributed by atoms with Gasteiger partial charge in [0.25, 0.3) is 0 Å². The van der Waals surface area contributed by atoms with E-state index in [1.807, 2.05) is 30.3 Å². The molecule has 2 N–H and O–H groups in total. The smallest absolute Gasteiger partial charge is 0.222 e. The van der Waals surface area contributed by atoms with Gasteiger partial charge < -0.3 is 15.4 Å². The van der Waals surface area contributed by atoms with Crippen LogP contribution in [0.2, 0.25) is 0 Å². The van der Waals surface area contributed by atoms with Gasteiger partial charge in [-0.3, -0.25) is 0 Å². The lowest BCUT2D eigenvalue weighted by molar-refractivity contribution is 0.415. The summed E-state index contributed by atoms with van der Waals surface area (Å²) in [5, 5.41) is 0. The first kappa shape index (κ1) is 16.1. The number of nitrogen functional groups attached to an aromatic ring is 1. The van der Waals surface area contributed by atoms with Gasteiger partial charge in [0.2, 0.25) is 5.95 Å². The number of anilines is 2. The molecule has 27 heavy (non-hydrogen) atoms. The molecule has 1 fully saturated rings. The average molecular weight is 358 g/mol. The Bertz CT molecular complexity index is 972. The molecule has 136 valence electrons. The number of benzene rings is 2. The van der Waals surface area contributed by atoms with Crippen LogP contribution in [0.25, 0.3) is 11.3 Å². The molecule has 2 atom stereocenters. The molecule has 1 aliphatic heterocycles. The third-order valence-electron chi connectivity index (χ3n) is 5.75. The number of piperidine rings is 1. The maximum absolute atomic E-state index is 6.06. The second-order valence-electron chi connectivity index (χ2n) is 7.36. The summed E-state index contributed by atoms with van der Waals surface area (Å²) in [6, 6.07) is 18.8. The van der Waals surface area contributed by atoms with E-state index in [1.54, 1.807) is 7.11 Å². The van der Waals surface area contributed by atoms with Crippen molar-refractivity contribution in [2.45, 2.75) is 18.3 Å². The van der Waals surface area contributed by atoms with Crippen molar-refractivity contribution >= 4 is 11.8 Å². The van der Waals surface area contributed by atoms with Crippen LogP contribution in [0, 0.1) is 0 Å². The Hall–Kier alpha value is -3.08. The highest BCUT2D eigenvalue weighted by atomic mass is 16.5. The predicted molar refractivity (Wildman–Crippen MR) is 107 cm³/mol. The molecule has 1 saturated heterocycles. The third kappa shape index (κ3) is 2.79. The molecule has 3 aromatic rings. The highest BCUT2D eigenvalue weighted by molar-refractivity contribution is 5.66. The highest BCUT2D eigenvalue weighted by Gasteiger charge is 2.37. The van der Waals surface area contributed by atoms with Gasteiger partial charge in [-0.15, -0.1) is 0 Å². The molecule has 2 aliphatic rings. The van der Waals surface area contributed by atoms with Gasteiger partial charge in [-0.2, -0.15) is 4.98 Å². The zero-order chi connectivity index (χ0) is 18.4. The van der Waals surface area contributed by atoms with E-state index in [0.29, 0.717) is 17.8 Å². The van der Waals surface area contributed by atoms with Crippen LogP contribution in [0.3, 0.4) is 0 Å². The van der Waals surface area contributed by atoms with E-state index in [1.165, 1.54) is 17.5 Å². The number of nitrogens with two attached hydrogens (primary N) is 1. The number of ether oxygens (including phenoxy) is 1. The van der Waals surface area contributed by atoms with Crippen LogP contribution in [0.5, 0.6) is 5.75 Å². The Morgan fingerprint density at radius 3 is 2.41 bits per heavy atom. The van der Waals surface area contributed by atoms with Gasteiger partial charge >= 0.3 is 0 Å². The number of rotatable bonds is 3. The predicted octanol–water partition coefficient (Wildman–Crippen LogP) is 3.83. The second kappa shape index (κ2) is 6.27. The summed E-state index contributed by atoms with van der Waals surface area (Å²) in [5.41, 5.74) is 10.9. The molecule has 2 aromatic carbocycles. The number of methoxy groups -OCH3 is 1. The van der Waals surface area contributed by atoms with Crippen LogP contribution >= 0.6 is 0 Å². The molecule has 0 saturated carbocycles. The first-order chi connectivity index (χ1) is 13.2. The van der Waals surface area contributed by atoms with E-state index in [0.717, 1.165) is 35.9 Å². The quantitative estimate of drug-likeness (QED) is 0.771. The highest BCUT2D eigenvalue weighted by Crippen LogP contribution is 2.46. The Morgan fingerprint density at radius 2 is 1.70 bits per heavy atom. The van der Waals surface area contributed by atoms with Crippen LogP contribution in [0.4, 0.5) is 11.8 Å². The van der Waals surface area contributed by atoms with Gasteiger partial charge in [0.05, 0.1) is 12.8 Å². The Kier molecular flexibility index (Phi) is 3.74. The number of hydrogen-bond donors (Lipinski definition) is 1. The molecular weight excluding hydrogens is 336 g/mol. The first-order valence-corrected chi connectivity index (χ1v) is 9.34. The summed E-state index contributed by atoms with van der Waals surface area (Å²) in [5.74, 6) is 3.15. The van der Waals surface area contributed by atoms with Crippen molar-refractivity contribution in [3.63, 3.8) is 0 Å². The van der Waals surface area contributed by atoms with Crippen molar-refractivity contribution < 1.29 is 4.74 Å². The Balaban J connectivity index is 1.49. The second-order valence-corrected chi connectivity index (χ2v) is 7.36. The summed E-state index contributed by atoms with van der Waals surface area (Å²) in [4.78, 5) is 11.4. The van der Waals surface area contributed by atoms with Gasteiger partial charge in [0, 0.05) is 36.6 Å². The summed E-state index contributed by atoms with van der Waals surface area (Å²) < 4.78 is 5.34. The lowest BCUT2D eigenvalue weighted by Gasteiger charge is -2.33. The zero-order valence-electron chi connectivity index (χ0n) is 15.3. The number of aromatic nitrogens is 2. The fourth-order valence-corrected chi connectivity index (χ4v) is 4.54. The van der Waals surface area contributed by atoms with Crippen LogP contribution < -0.4 is 15.4 Å². The first-order valence-electron chi connectivity index (χ1n) is 9.34. The lowest BCUT2D eigenvalue weighted by Crippen LogP contribution is -2.35. The number of hydrogen-bond acceptors (Lipinski definition) is 5. The molecule has 5 rings (SSSR count). The molecule has 1 aliphatic carbocycles. The zero-order valence-corrected chi connectivity index (χ0v) is 15.3. The molecule has 0 amide bonds. The third-order valence-corrected chi connectivity index (χ3v) is 5.75. The van der Waals surface area contributed by atoms with Crippen molar-refractivity contribution in [3.05, 3.63) is 65.7 Å². The largest absolute Gasteiger partial charge is 0.497 e. The molecule has 2 unspecified atom stereocenters. The molecule has 2 heterocycles. The molecule has 1 aromatic heterocycles. The molecule has 0 spiro atoms. The van der Waals surface area contributed by atoms with Gasteiger partial charge in [-0.1, -0.05) is 36.4 Å². The van der Waals surface area contributed by atoms with Crippen molar-refractivity contribution in [3.8, 4) is 17.0 Å². The van der Waals surface area contributed by atoms with Crippen LogP contribution in [-0.4, -0.2) is 30.2 Å². The summed E-state index contributed by atoms with van der Waals surface area (Å²) in [6.07, 6.45) is 1.24. The average Bonchev–Trinajstić information content (AvgIpc) is 2.97. The van der Waals surface area contributed by atoms with Gasteiger partial charge in [0.15, 0.2) is 0 Å². The molecule has 2 bridgehead atoms. The standard InChI is InChI=1S/C22H22N4O/c1-27-17-6-4-5-14(10-17)20-11-21(25-22(23)24-20)26-12-15-9-16(13-26)19-8-3-2-7-18(15)19/h2-8,10-11,15-16H,9,12-13H2,1H3,(H2,23,24,25). The van der Waals surface area contributed by atoms with Gasteiger partial charge in [0.1, 0.15) is 11.6 Å². The monoisotopic (exact) mass is 358 g/mol. The minimum atomic E-state index is 0.306. The fourth-order valence-electron chi connectivity index (χ4n) is 4.54. The Labute approximate surface area is 158 Å². The van der Waals surface area contributed by atoms with E-state index in [-0.39, 0.29) is 0 Å². The summed E-state index contributed by atoms with van der Waals surface area (Å²) >= 11 is 0. The minimum absolute atomic E-state index is 0.306. The summed E-state index contributed by atoms with van der Waals surface area (Å²) in [6.45, 7) is 1.95. The number of fused-ring (bicyclic) bond motifs is 5. The summed E-state index contributed by atoms with van der Waals surface area (Å²) in [7, 11) is 1.67. The van der Waals surface area contributed by atoms with Gasteiger partial charge in [-0.05, 0) is 29.7 Å². The van der Waals surface area contributed by atoms with E-state index < -0.39 is 0 Å².